The lowest BCUT2D eigenvalue weighted by atomic mass is 10.1. The molecule has 2 atom stereocenters. The third-order valence-corrected chi connectivity index (χ3v) is 3.32. The van der Waals surface area contributed by atoms with Crippen molar-refractivity contribution in [2.45, 2.75) is 64.6 Å². The summed E-state index contributed by atoms with van der Waals surface area (Å²) in [6.45, 7) is 5.65. The summed E-state index contributed by atoms with van der Waals surface area (Å²) >= 11 is 0. The molecule has 16 heavy (non-hydrogen) atoms. The fourth-order valence-electron chi connectivity index (χ4n) is 2.48. The van der Waals surface area contributed by atoms with Crippen LogP contribution in [0, 0.1) is 5.21 Å². The van der Waals surface area contributed by atoms with E-state index in [-0.39, 0.29) is 16.9 Å². The third-order valence-electron chi connectivity index (χ3n) is 3.32. The van der Waals surface area contributed by atoms with Crippen molar-refractivity contribution in [3.05, 3.63) is 5.21 Å². The first-order chi connectivity index (χ1) is 7.57. The van der Waals surface area contributed by atoms with Gasteiger partial charge in [-0.2, -0.15) is 0 Å². The molecule has 0 aromatic carbocycles. The SMILES string of the molecule is CCCCC1C[N+](C)([O-])CC(CCCC)O1. The van der Waals surface area contributed by atoms with Gasteiger partial charge in [-0.25, -0.2) is 0 Å². The summed E-state index contributed by atoms with van der Waals surface area (Å²) in [4.78, 5) is 0. The zero-order valence-corrected chi connectivity index (χ0v) is 11.1. The van der Waals surface area contributed by atoms with E-state index in [2.05, 4.69) is 13.8 Å². The van der Waals surface area contributed by atoms with Crippen LogP contribution in [0.25, 0.3) is 0 Å². The van der Waals surface area contributed by atoms with Crippen molar-refractivity contribution in [2.75, 3.05) is 20.1 Å². The van der Waals surface area contributed by atoms with Gasteiger partial charge in [0.15, 0.2) is 0 Å². The predicted molar refractivity (Wildman–Crippen MR) is 67.0 cm³/mol. The zero-order valence-electron chi connectivity index (χ0n) is 11.1. The average molecular weight is 229 g/mol. The number of hydroxylamine groups is 3. The fourth-order valence-corrected chi connectivity index (χ4v) is 2.48. The van der Waals surface area contributed by atoms with Crippen molar-refractivity contribution in [1.82, 2.24) is 0 Å². The van der Waals surface area contributed by atoms with Crippen LogP contribution in [0.2, 0.25) is 0 Å². The lowest BCUT2D eigenvalue weighted by molar-refractivity contribution is -0.877. The van der Waals surface area contributed by atoms with Crippen LogP contribution in [-0.2, 0) is 4.74 Å². The first-order valence-corrected chi connectivity index (χ1v) is 6.78. The predicted octanol–water partition coefficient (Wildman–Crippen LogP) is 3.08. The molecule has 1 fully saturated rings. The van der Waals surface area contributed by atoms with E-state index in [0.29, 0.717) is 13.1 Å². The second kappa shape index (κ2) is 6.58. The molecule has 0 aromatic heterocycles. The Morgan fingerprint density at radius 2 is 1.50 bits per heavy atom. The molecule has 1 rings (SSSR count). The number of hydrogen-bond donors (Lipinski definition) is 0. The second-order valence-electron chi connectivity index (χ2n) is 5.33. The Balaban J connectivity index is 2.41. The molecular formula is C13H27NO2. The van der Waals surface area contributed by atoms with Crippen molar-refractivity contribution >= 4 is 0 Å². The molecule has 0 spiro atoms. The van der Waals surface area contributed by atoms with Gasteiger partial charge in [-0.3, -0.25) is 0 Å². The number of likely N-dealkylation sites (N-methyl/N-ethyl adjacent to an activating group) is 1. The number of ether oxygens (including phenoxy) is 1. The molecule has 96 valence electrons. The molecule has 3 nitrogen and oxygen atoms in total. The van der Waals surface area contributed by atoms with Crippen molar-refractivity contribution in [2.24, 2.45) is 0 Å². The van der Waals surface area contributed by atoms with Crippen LogP contribution in [-0.4, -0.2) is 37.0 Å². The van der Waals surface area contributed by atoms with Gasteiger partial charge < -0.3 is 14.6 Å². The van der Waals surface area contributed by atoms with Crippen molar-refractivity contribution in [1.29, 1.82) is 0 Å². The maximum absolute atomic E-state index is 12.1. The molecule has 1 aliphatic rings. The van der Waals surface area contributed by atoms with Gasteiger partial charge in [-0.15, -0.1) is 0 Å². The Kier molecular flexibility index (Phi) is 5.73. The molecule has 0 amide bonds. The number of morpholine rings is 1. The maximum Gasteiger partial charge on any atom is 0.107 e. The molecule has 0 radical (unpaired) electrons. The van der Waals surface area contributed by atoms with Crippen molar-refractivity contribution in [3.8, 4) is 0 Å². The smallest absolute Gasteiger partial charge is 0.107 e. The highest BCUT2D eigenvalue weighted by Crippen LogP contribution is 2.22. The minimum absolute atomic E-state index is 0.108. The summed E-state index contributed by atoms with van der Waals surface area (Å²) < 4.78 is 5.90. The molecule has 0 bridgehead atoms. The minimum atomic E-state index is -0.108. The summed E-state index contributed by atoms with van der Waals surface area (Å²) in [5.41, 5.74) is 0. The summed E-state index contributed by atoms with van der Waals surface area (Å²) in [6.07, 6.45) is 7.20. The minimum Gasteiger partial charge on any atom is -0.633 e. The average Bonchev–Trinajstić information content (AvgIpc) is 2.21. The summed E-state index contributed by atoms with van der Waals surface area (Å²) in [7, 11) is 1.79. The molecule has 0 N–H and O–H groups in total. The summed E-state index contributed by atoms with van der Waals surface area (Å²) in [5.74, 6) is 0. The molecule has 0 aliphatic carbocycles. The maximum atomic E-state index is 12.1. The molecule has 2 unspecified atom stereocenters. The zero-order chi connectivity index (χ0) is 12.0. The van der Waals surface area contributed by atoms with Crippen LogP contribution in [0.4, 0.5) is 0 Å². The largest absolute Gasteiger partial charge is 0.633 e. The number of unbranched alkanes of at least 4 members (excludes halogenated alkanes) is 2. The Bertz CT molecular complexity index is 176. The summed E-state index contributed by atoms with van der Waals surface area (Å²) in [5, 5.41) is 12.1. The second-order valence-corrected chi connectivity index (χ2v) is 5.33. The van der Waals surface area contributed by atoms with E-state index in [1.54, 1.807) is 7.05 Å². The standard InChI is InChI=1S/C13H27NO2/c1-4-6-8-12-10-14(3,15)11-13(16-12)9-7-5-2/h12-13H,4-11H2,1-3H3. The van der Waals surface area contributed by atoms with Gasteiger partial charge >= 0.3 is 0 Å². The van der Waals surface area contributed by atoms with E-state index in [1.807, 2.05) is 0 Å². The van der Waals surface area contributed by atoms with Gasteiger partial charge in [0.1, 0.15) is 25.3 Å². The molecule has 3 heteroatoms. The topological polar surface area (TPSA) is 32.3 Å². The highest BCUT2D eigenvalue weighted by Gasteiger charge is 2.31. The highest BCUT2D eigenvalue weighted by atomic mass is 16.6. The molecule has 1 heterocycles. The van der Waals surface area contributed by atoms with Crippen LogP contribution >= 0.6 is 0 Å². The van der Waals surface area contributed by atoms with Gasteiger partial charge in [-0.1, -0.05) is 39.5 Å². The van der Waals surface area contributed by atoms with Gasteiger partial charge in [0.05, 0.1) is 7.05 Å². The van der Waals surface area contributed by atoms with Crippen molar-refractivity contribution in [3.63, 3.8) is 0 Å². The Hall–Kier alpha value is -0.120. The number of hydrogen-bond acceptors (Lipinski definition) is 2. The van der Waals surface area contributed by atoms with Crippen LogP contribution in [0.15, 0.2) is 0 Å². The number of nitrogens with zero attached hydrogens (tertiary/aromatic N) is 1. The van der Waals surface area contributed by atoms with E-state index >= 15 is 0 Å². The highest BCUT2D eigenvalue weighted by molar-refractivity contribution is 4.70. The monoisotopic (exact) mass is 229 g/mol. The first-order valence-electron chi connectivity index (χ1n) is 6.78. The van der Waals surface area contributed by atoms with Crippen LogP contribution in [0.3, 0.4) is 0 Å². The van der Waals surface area contributed by atoms with E-state index < -0.39 is 0 Å². The quantitative estimate of drug-likeness (QED) is 0.518. The lowest BCUT2D eigenvalue weighted by Crippen LogP contribution is -2.55. The van der Waals surface area contributed by atoms with Crippen LogP contribution in [0.1, 0.15) is 52.4 Å². The number of quaternary nitrogens is 1. The Labute approximate surface area is 99.9 Å². The summed E-state index contributed by atoms with van der Waals surface area (Å²) in [6, 6.07) is 0. The number of rotatable bonds is 6. The van der Waals surface area contributed by atoms with Gasteiger partial charge in [0.25, 0.3) is 0 Å². The first kappa shape index (κ1) is 13.9. The molecule has 1 aliphatic heterocycles. The van der Waals surface area contributed by atoms with E-state index in [0.717, 1.165) is 12.8 Å². The van der Waals surface area contributed by atoms with Gasteiger partial charge in [-0.05, 0) is 12.8 Å². The van der Waals surface area contributed by atoms with E-state index in [1.165, 1.54) is 25.7 Å². The normalized spacial score (nSPS) is 35.2. The van der Waals surface area contributed by atoms with E-state index in [9.17, 15) is 5.21 Å². The molecular weight excluding hydrogens is 202 g/mol. The molecule has 0 aromatic rings. The third kappa shape index (κ3) is 4.81. The van der Waals surface area contributed by atoms with Gasteiger partial charge in [0, 0.05) is 0 Å². The van der Waals surface area contributed by atoms with Crippen LogP contribution < -0.4 is 0 Å². The lowest BCUT2D eigenvalue weighted by Gasteiger charge is -2.48. The Morgan fingerprint density at radius 1 is 1.06 bits per heavy atom. The van der Waals surface area contributed by atoms with Crippen molar-refractivity contribution < 1.29 is 9.38 Å². The Morgan fingerprint density at radius 3 is 1.88 bits per heavy atom. The van der Waals surface area contributed by atoms with Gasteiger partial charge in [0.2, 0.25) is 0 Å². The van der Waals surface area contributed by atoms with Crippen LogP contribution in [0.5, 0.6) is 0 Å². The molecule has 0 saturated carbocycles. The fraction of sp³-hybridized carbons (Fsp3) is 1.00. The van der Waals surface area contributed by atoms with E-state index in [4.69, 9.17) is 4.74 Å². The molecule has 1 saturated heterocycles.